The third-order valence-electron chi connectivity index (χ3n) is 2.78. The number of oxime groups is 1. The number of nitrogens with zero attached hydrogens (tertiary/aromatic N) is 2. The summed E-state index contributed by atoms with van der Waals surface area (Å²) in [6.07, 6.45) is 2.45. The number of rotatable bonds is 9. The topological polar surface area (TPSA) is 71.4 Å². The van der Waals surface area contributed by atoms with Crippen LogP contribution in [0.5, 0.6) is 0 Å². The fourth-order valence-corrected chi connectivity index (χ4v) is 1.69. The van der Waals surface area contributed by atoms with E-state index >= 15 is 0 Å². The molecule has 0 aliphatic carbocycles. The molecule has 0 atom stereocenters. The van der Waals surface area contributed by atoms with Crippen LogP contribution in [0.25, 0.3) is 0 Å². The minimum atomic E-state index is -0.403. The summed E-state index contributed by atoms with van der Waals surface area (Å²) >= 11 is 0. The monoisotopic (exact) mass is 294 g/mol. The molecule has 1 amide bonds. The first-order valence-electron chi connectivity index (χ1n) is 6.89. The van der Waals surface area contributed by atoms with Crippen molar-refractivity contribution in [3.05, 3.63) is 35.9 Å². The van der Waals surface area contributed by atoms with Crippen LogP contribution in [0.15, 0.2) is 35.5 Å². The van der Waals surface area contributed by atoms with Gasteiger partial charge in [0.1, 0.15) is 13.7 Å². The molecule has 1 aromatic carbocycles. The largest absolute Gasteiger partial charge is 0.445 e. The van der Waals surface area contributed by atoms with Crippen LogP contribution in [0.1, 0.15) is 18.4 Å². The lowest BCUT2D eigenvalue weighted by Gasteiger charge is -2.20. The third kappa shape index (κ3) is 7.31. The van der Waals surface area contributed by atoms with Gasteiger partial charge in [0.15, 0.2) is 0 Å². The lowest BCUT2D eigenvalue weighted by atomic mass is 10.2. The average Bonchev–Trinajstić information content (AvgIpc) is 2.52. The van der Waals surface area contributed by atoms with Gasteiger partial charge in [0, 0.05) is 13.2 Å². The Kier molecular flexibility index (Phi) is 8.63. The fourth-order valence-electron chi connectivity index (χ4n) is 1.69. The van der Waals surface area contributed by atoms with Crippen LogP contribution in [-0.2, 0) is 16.2 Å². The number of aliphatic hydroxyl groups is 1. The van der Waals surface area contributed by atoms with Gasteiger partial charge < -0.3 is 19.6 Å². The molecule has 0 saturated heterocycles. The quantitative estimate of drug-likeness (QED) is 0.430. The maximum absolute atomic E-state index is 12.0. The molecular formula is C15H22N2O4. The standard InChI is InChI=1S/C15H22N2O4/c1-20-16-9-11-17(10-5-6-12-18)15(19)21-13-14-7-3-2-4-8-14/h2-4,7-9,18H,5-6,10-13H2,1H3/b16-9+. The second-order valence-corrected chi connectivity index (χ2v) is 4.39. The number of ether oxygens (including phenoxy) is 1. The summed E-state index contributed by atoms with van der Waals surface area (Å²) in [6.45, 7) is 1.16. The fraction of sp³-hybridized carbons (Fsp3) is 0.467. The lowest BCUT2D eigenvalue weighted by molar-refractivity contribution is 0.1000. The van der Waals surface area contributed by atoms with Gasteiger partial charge in [-0.25, -0.2) is 4.79 Å². The second-order valence-electron chi connectivity index (χ2n) is 4.39. The second kappa shape index (κ2) is 10.7. The molecule has 6 heteroatoms. The van der Waals surface area contributed by atoms with Crippen LogP contribution in [-0.4, -0.2) is 49.1 Å². The van der Waals surface area contributed by atoms with E-state index in [4.69, 9.17) is 9.84 Å². The van der Waals surface area contributed by atoms with E-state index in [0.29, 0.717) is 25.9 Å². The van der Waals surface area contributed by atoms with Gasteiger partial charge in [-0.1, -0.05) is 35.5 Å². The van der Waals surface area contributed by atoms with E-state index in [1.54, 1.807) is 0 Å². The molecule has 0 fully saturated rings. The SMILES string of the molecule is CO/N=C/CN(CCCCO)C(=O)OCc1ccccc1. The molecule has 1 N–H and O–H groups in total. The highest BCUT2D eigenvalue weighted by atomic mass is 16.6. The summed E-state index contributed by atoms with van der Waals surface area (Å²) in [4.78, 5) is 18.2. The Morgan fingerprint density at radius 1 is 1.33 bits per heavy atom. The number of carbonyl (C=O) groups excluding carboxylic acids is 1. The van der Waals surface area contributed by atoms with Crippen molar-refractivity contribution in [1.29, 1.82) is 0 Å². The maximum Gasteiger partial charge on any atom is 0.410 e. The van der Waals surface area contributed by atoms with Crippen LogP contribution in [0, 0.1) is 0 Å². The third-order valence-corrected chi connectivity index (χ3v) is 2.78. The molecular weight excluding hydrogens is 272 g/mol. The predicted molar refractivity (Wildman–Crippen MR) is 80.0 cm³/mol. The summed E-state index contributed by atoms with van der Waals surface area (Å²) in [5.41, 5.74) is 0.937. The molecule has 6 nitrogen and oxygen atoms in total. The molecule has 0 unspecified atom stereocenters. The van der Waals surface area contributed by atoms with Gasteiger partial charge in [0.05, 0.1) is 12.8 Å². The first kappa shape index (κ1) is 17.0. The Balaban J connectivity index is 2.46. The lowest BCUT2D eigenvalue weighted by Crippen LogP contribution is -2.34. The number of hydrogen-bond acceptors (Lipinski definition) is 5. The first-order valence-corrected chi connectivity index (χ1v) is 6.89. The van der Waals surface area contributed by atoms with E-state index in [0.717, 1.165) is 5.56 Å². The summed E-state index contributed by atoms with van der Waals surface area (Å²) < 4.78 is 5.27. The average molecular weight is 294 g/mol. The molecule has 0 radical (unpaired) electrons. The van der Waals surface area contributed by atoms with Crippen LogP contribution in [0.3, 0.4) is 0 Å². The van der Waals surface area contributed by atoms with Crippen molar-refractivity contribution in [2.75, 3.05) is 26.8 Å². The van der Waals surface area contributed by atoms with Gasteiger partial charge in [0.25, 0.3) is 0 Å². The highest BCUT2D eigenvalue weighted by molar-refractivity contribution is 5.72. The van der Waals surface area contributed by atoms with Gasteiger partial charge >= 0.3 is 6.09 Å². The summed E-state index contributed by atoms with van der Waals surface area (Å²) in [5.74, 6) is 0. The zero-order valence-corrected chi connectivity index (χ0v) is 12.3. The molecule has 0 aliphatic heterocycles. The number of aliphatic hydroxyl groups excluding tert-OH is 1. The minimum absolute atomic E-state index is 0.110. The Hall–Kier alpha value is -2.08. The van der Waals surface area contributed by atoms with Crippen molar-refractivity contribution in [2.24, 2.45) is 5.16 Å². The van der Waals surface area contributed by atoms with Gasteiger partial charge in [-0.15, -0.1) is 0 Å². The number of carbonyl (C=O) groups is 1. The Bertz CT molecular complexity index is 423. The Labute approximate surface area is 125 Å². The van der Waals surface area contributed by atoms with Gasteiger partial charge in [0.2, 0.25) is 0 Å². The molecule has 0 spiro atoms. The van der Waals surface area contributed by atoms with Gasteiger partial charge in [-0.3, -0.25) is 0 Å². The van der Waals surface area contributed by atoms with Crippen LogP contribution >= 0.6 is 0 Å². The summed E-state index contributed by atoms with van der Waals surface area (Å²) in [5, 5.41) is 12.4. The van der Waals surface area contributed by atoms with E-state index in [1.807, 2.05) is 30.3 Å². The molecule has 21 heavy (non-hydrogen) atoms. The minimum Gasteiger partial charge on any atom is -0.445 e. The highest BCUT2D eigenvalue weighted by Gasteiger charge is 2.13. The normalized spacial score (nSPS) is 10.6. The molecule has 1 aromatic rings. The molecule has 0 saturated carbocycles. The van der Waals surface area contributed by atoms with Crippen molar-refractivity contribution < 1.29 is 19.5 Å². The highest BCUT2D eigenvalue weighted by Crippen LogP contribution is 2.04. The van der Waals surface area contributed by atoms with Gasteiger partial charge in [-0.2, -0.15) is 0 Å². The first-order chi connectivity index (χ1) is 10.3. The smallest absolute Gasteiger partial charge is 0.410 e. The Morgan fingerprint density at radius 3 is 2.76 bits per heavy atom. The molecule has 0 aromatic heterocycles. The molecule has 116 valence electrons. The van der Waals surface area contributed by atoms with Crippen LogP contribution < -0.4 is 0 Å². The maximum atomic E-state index is 12.0. The van der Waals surface area contributed by atoms with E-state index in [9.17, 15) is 4.79 Å². The van der Waals surface area contributed by atoms with Crippen molar-refractivity contribution in [3.63, 3.8) is 0 Å². The molecule has 0 aliphatic rings. The number of amides is 1. The number of unbranched alkanes of at least 4 members (excludes halogenated alkanes) is 1. The van der Waals surface area contributed by atoms with Crippen LogP contribution in [0.2, 0.25) is 0 Å². The van der Waals surface area contributed by atoms with Crippen molar-refractivity contribution in [2.45, 2.75) is 19.4 Å². The molecule has 1 rings (SSSR count). The predicted octanol–water partition coefficient (Wildman–Crippen LogP) is 2.03. The zero-order chi connectivity index (χ0) is 15.3. The van der Waals surface area contributed by atoms with E-state index in [-0.39, 0.29) is 13.2 Å². The summed E-state index contributed by atoms with van der Waals surface area (Å²) in [7, 11) is 1.44. The molecule has 0 heterocycles. The van der Waals surface area contributed by atoms with E-state index < -0.39 is 6.09 Å². The zero-order valence-electron chi connectivity index (χ0n) is 12.3. The van der Waals surface area contributed by atoms with Gasteiger partial charge in [-0.05, 0) is 18.4 Å². The van der Waals surface area contributed by atoms with E-state index in [2.05, 4.69) is 9.99 Å². The van der Waals surface area contributed by atoms with Crippen LogP contribution in [0.4, 0.5) is 4.79 Å². The van der Waals surface area contributed by atoms with E-state index in [1.165, 1.54) is 18.2 Å². The Morgan fingerprint density at radius 2 is 2.10 bits per heavy atom. The number of benzene rings is 1. The van der Waals surface area contributed by atoms with Crippen molar-refractivity contribution in [1.82, 2.24) is 4.90 Å². The number of hydrogen-bond donors (Lipinski definition) is 1. The van der Waals surface area contributed by atoms with Crippen molar-refractivity contribution in [3.8, 4) is 0 Å². The molecule has 0 bridgehead atoms. The summed E-state index contributed by atoms with van der Waals surface area (Å²) in [6, 6.07) is 9.50. The van der Waals surface area contributed by atoms with Crippen molar-refractivity contribution >= 4 is 12.3 Å².